The van der Waals surface area contributed by atoms with Gasteiger partial charge in [0.15, 0.2) is 0 Å². The molecule has 2 aromatic heterocycles. The number of aryl methyl sites for hydroxylation is 1. The highest BCUT2D eigenvalue weighted by Gasteiger charge is 2.25. The molecule has 1 atom stereocenters. The predicted molar refractivity (Wildman–Crippen MR) is 91.7 cm³/mol. The Bertz CT molecular complexity index is 757. The molecule has 1 amide bonds. The van der Waals surface area contributed by atoms with Gasteiger partial charge >= 0.3 is 5.97 Å². The molecule has 8 heteroatoms. The van der Waals surface area contributed by atoms with Crippen LogP contribution in [0, 0.1) is 12.8 Å². The number of ether oxygens (including phenoxy) is 1. The molecule has 0 aliphatic carbocycles. The summed E-state index contributed by atoms with van der Waals surface area (Å²) >= 11 is 1.21. The molecule has 24 heavy (non-hydrogen) atoms. The Balaban J connectivity index is 2.34. The summed E-state index contributed by atoms with van der Waals surface area (Å²) in [6.07, 6.45) is 1.76. The monoisotopic (exact) mass is 351 g/mol. The molecule has 2 heterocycles. The number of carbonyl (C=O) groups excluding carboxylic acids is 1. The predicted octanol–water partition coefficient (Wildman–Crippen LogP) is 2.63. The van der Waals surface area contributed by atoms with Crippen molar-refractivity contribution in [2.45, 2.75) is 40.2 Å². The summed E-state index contributed by atoms with van der Waals surface area (Å²) in [6, 6.07) is -0.917. The minimum absolute atomic E-state index is 0.158. The molecular formula is C16H21N3O4S. The van der Waals surface area contributed by atoms with E-state index in [-0.39, 0.29) is 5.92 Å². The normalized spacial score (nSPS) is 12.4. The first-order chi connectivity index (χ1) is 11.3. The second kappa shape index (κ2) is 7.57. The number of hydrogen-bond donors (Lipinski definition) is 2. The van der Waals surface area contributed by atoms with Crippen molar-refractivity contribution in [2.75, 3.05) is 6.61 Å². The number of rotatable bonds is 7. The quantitative estimate of drug-likeness (QED) is 0.795. The fraction of sp³-hybridized carbons (Fsp3) is 0.500. The molecule has 2 N–H and O–H groups in total. The van der Waals surface area contributed by atoms with Gasteiger partial charge in [-0.3, -0.25) is 4.79 Å². The first-order valence-electron chi connectivity index (χ1n) is 7.75. The lowest BCUT2D eigenvalue weighted by atomic mass is 10.0. The molecule has 2 aromatic rings. The summed E-state index contributed by atoms with van der Waals surface area (Å²) in [4.78, 5) is 33.3. The van der Waals surface area contributed by atoms with Gasteiger partial charge in [0.2, 0.25) is 5.88 Å². The lowest BCUT2D eigenvalue weighted by molar-refractivity contribution is -0.139. The van der Waals surface area contributed by atoms with Crippen LogP contribution >= 0.6 is 11.3 Å². The Kier molecular flexibility index (Phi) is 5.71. The van der Waals surface area contributed by atoms with Crippen LogP contribution in [0.5, 0.6) is 5.88 Å². The van der Waals surface area contributed by atoms with Crippen LogP contribution < -0.4 is 10.1 Å². The van der Waals surface area contributed by atoms with E-state index in [9.17, 15) is 14.7 Å². The summed E-state index contributed by atoms with van der Waals surface area (Å²) < 4.78 is 5.49. The maximum Gasteiger partial charge on any atom is 0.326 e. The second-order valence-corrected chi connectivity index (χ2v) is 6.84. The highest BCUT2D eigenvalue weighted by Crippen LogP contribution is 2.34. The number of nitrogens with one attached hydrogen (secondary N) is 1. The number of carboxylic acids is 1. The summed E-state index contributed by atoms with van der Waals surface area (Å²) in [6.45, 7) is 7.93. The summed E-state index contributed by atoms with van der Waals surface area (Å²) in [5, 5.41) is 12.6. The van der Waals surface area contributed by atoms with E-state index in [0.717, 1.165) is 0 Å². The molecular weight excluding hydrogens is 330 g/mol. The summed E-state index contributed by atoms with van der Waals surface area (Å²) in [5.41, 5.74) is 0.699. The third-order valence-corrected chi connectivity index (χ3v) is 4.69. The Hall–Kier alpha value is -2.22. The van der Waals surface area contributed by atoms with Crippen LogP contribution in [0.2, 0.25) is 0 Å². The molecule has 0 spiro atoms. The van der Waals surface area contributed by atoms with Crippen molar-refractivity contribution >= 4 is 33.4 Å². The number of hydrogen-bond acceptors (Lipinski definition) is 6. The Morgan fingerprint density at radius 1 is 1.38 bits per heavy atom. The second-order valence-electron chi connectivity index (χ2n) is 5.84. The Morgan fingerprint density at radius 3 is 2.67 bits per heavy atom. The van der Waals surface area contributed by atoms with Crippen LogP contribution in [-0.4, -0.2) is 39.6 Å². The first kappa shape index (κ1) is 18.1. The maximum absolute atomic E-state index is 12.5. The molecule has 0 fully saturated rings. The average molecular weight is 351 g/mol. The summed E-state index contributed by atoms with van der Waals surface area (Å²) in [7, 11) is 0. The van der Waals surface area contributed by atoms with Gasteiger partial charge in [0.25, 0.3) is 5.91 Å². The van der Waals surface area contributed by atoms with Crippen molar-refractivity contribution in [3.05, 3.63) is 16.8 Å². The van der Waals surface area contributed by atoms with Gasteiger partial charge in [0.05, 0.1) is 16.9 Å². The molecule has 1 unspecified atom stereocenters. The van der Waals surface area contributed by atoms with Gasteiger partial charge in [0.1, 0.15) is 17.2 Å². The number of aliphatic carboxylic acids is 1. The van der Waals surface area contributed by atoms with E-state index in [2.05, 4.69) is 15.3 Å². The van der Waals surface area contributed by atoms with Crippen LogP contribution in [0.1, 0.15) is 42.4 Å². The van der Waals surface area contributed by atoms with Crippen molar-refractivity contribution in [2.24, 2.45) is 5.92 Å². The fourth-order valence-corrected chi connectivity index (χ4v) is 3.46. The molecule has 130 valence electrons. The third kappa shape index (κ3) is 3.81. The van der Waals surface area contributed by atoms with E-state index >= 15 is 0 Å². The molecule has 0 radical (unpaired) electrons. The van der Waals surface area contributed by atoms with Crippen LogP contribution in [-0.2, 0) is 4.79 Å². The van der Waals surface area contributed by atoms with Crippen LogP contribution in [0.15, 0.2) is 6.33 Å². The van der Waals surface area contributed by atoms with Gasteiger partial charge in [-0.15, -0.1) is 11.3 Å². The van der Waals surface area contributed by atoms with Crippen molar-refractivity contribution < 1.29 is 19.4 Å². The maximum atomic E-state index is 12.5. The topological polar surface area (TPSA) is 101 Å². The SMILES string of the molecule is CCOc1ncnc2sc(C(=O)NC(CC(C)C)C(=O)O)c(C)c12. The van der Waals surface area contributed by atoms with Gasteiger partial charge in [-0.25, -0.2) is 14.8 Å². The molecule has 0 saturated carbocycles. The summed E-state index contributed by atoms with van der Waals surface area (Å²) in [5.74, 6) is -0.853. The zero-order valence-corrected chi connectivity index (χ0v) is 14.9. The van der Waals surface area contributed by atoms with Gasteiger partial charge in [0, 0.05) is 0 Å². The molecule has 0 aromatic carbocycles. The van der Waals surface area contributed by atoms with Crippen molar-refractivity contribution in [3.8, 4) is 5.88 Å². The minimum atomic E-state index is -1.04. The average Bonchev–Trinajstić information content (AvgIpc) is 2.84. The molecule has 0 bridgehead atoms. The molecule has 0 aliphatic rings. The van der Waals surface area contributed by atoms with Gasteiger partial charge < -0.3 is 15.2 Å². The Morgan fingerprint density at radius 2 is 2.08 bits per heavy atom. The number of carboxylic acid groups (broad SMARTS) is 1. The highest BCUT2D eigenvalue weighted by molar-refractivity contribution is 7.20. The number of thiophene rings is 1. The van der Waals surface area contributed by atoms with Gasteiger partial charge in [-0.05, 0) is 31.7 Å². The molecule has 0 aliphatic heterocycles. The lowest BCUT2D eigenvalue weighted by Crippen LogP contribution is -2.41. The van der Waals surface area contributed by atoms with E-state index < -0.39 is 17.9 Å². The van der Waals surface area contributed by atoms with Crippen molar-refractivity contribution in [1.29, 1.82) is 0 Å². The van der Waals surface area contributed by atoms with E-state index in [1.807, 2.05) is 20.8 Å². The van der Waals surface area contributed by atoms with Gasteiger partial charge in [-0.2, -0.15) is 0 Å². The molecule has 2 rings (SSSR count). The highest BCUT2D eigenvalue weighted by atomic mass is 32.1. The zero-order valence-electron chi connectivity index (χ0n) is 14.1. The first-order valence-corrected chi connectivity index (χ1v) is 8.57. The smallest absolute Gasteiger partial charge is 0.326 e. The number of carbonyl (C=O) groups is 2. The van der Waals surface area contributed by atoms with E-state index in [0.29, 0.717) is 39.6 Å². The largest absolute Gasteiger partial charge is 0.480 e. The van der Waals surface area contributed by atoms with E-state index in [1.165, 1.54) is 17.7 Å². The molecule has 7 nitrogen and oxygen atoms in total. The minimum Gasteiger partial charge on any atom is -0.480 e. The lowest BCUT2D eigenvalue weighted by Gasteiger charge is -2.16. The van der Waals surface area contributed by atoms with Crippen LogP contribution in [0.25, 0.3) is 10.2 Å². The van der Waals surface area contributed by atoms with Crippen molar-refractivity contribution in [3.63, 3.8) is 0 Å². The number of amides is 1. The fourth-order valence-electron chi connectivity index (χ4n) is 2.42. The van der Waals surface area contributed by atoms with Crippen LogP contribution in [0.3, 0.4) is 0 Å². The van der Waals surface area contributed by atoms with Gasteiger partial charge in [-0.1, -0.05) is 13.8 Å². The van der Waals surface area contributed by atoms with Crippen LogP contribution in [0.4, 0.5) is 0 Å². The standard InChI is InChI=1S/C16H21N3O4S/c1-5-23-14-11-9(4)12(24-15(11)18-7-17-14)13(20)19-10(16(21)22)6-8(2)3/h7-8,10H,5-6H2,1-4H3,(H,19,20)(H,21,22). The number of aromatic nitrogens is 2. The Labute approximate surface area is 144 Å². The number of nitrogens with zero attached hydrogens (tertiary/aromatic N) is 2. The van der Waals surface area contributed by atoms with Crippen molar-refractivity contribution in [1.82, 2.24) is 15.3 Å². The molecule has 0 saturated heterocycles. The van der Waals surface area contributed by atoms with E-state index in [4.69, 9.17) is 4.74 Å². The van der Waals surface area contributed by atoms with E-state index in [1.54, 1.807) is 6.92 Å². The zero-order chi connectivity index (χ0) is 17.9. The number of fused-ring (bicyclic) bond motifs is 1. The third-order valence-electron chi connectivity index (χ3n) is 3.49.